The second-order valence-corrected chi connectivity index (χ2v) is 2.87. The van der Waals surface area contributed by atoms with E-state index < -0.39 is 12.5 Å². The normalized spacial score (nSPS) is 12.6. The summed E-state index contributed by atoms with van der Waals surface area (Å²) in [6.45, 7) is -0.217. The zero-order valence-electron chi connectivity index (χ0n) is 8.15. The van der Waals surface area contributed by atoms with Gasteiger partial charge in [-0.3, -0.25) is 0 Å². The van der Waals surface area contributed by atoms with E-state index in [0.717, 1.165) is 0 Å². The predicted octanol–water partition coefficient (Wildman–Crippen LogP) is 1.13. The van der Waals surface area contributed by atoms with Crippen LogP contribution in [0, 0.1) is 0 Å². The Bertz CT molecular complexity index is 310. The second kappa shape index (κ2) is 5.45. The molecule has 1 unspecified atom stereocenters. The van der Waals surface area contributed by atoms with E-state index in [-0.39, 0.29) is 6.54 Å². The van der Waals surface area contributed by atoms with E-state index in [4.69, 9.17) is 9.84 Å². The molecule has 1 rings (SSSR count). The molecule has 1 atom stereocenters. The quantitative estimate of drug-likeness (QED) is 0.777. The van der Waals surface area contributed by atoms with Crippen LogP contribution in [0.1, 0.15) is 0 Å². The lowest BCUT2D eigenvalue weighted by Crippen LogP contribution is -2.26. The van der Waals surface area contributed by atoms with Crippen molar-refractivity contribution >= 4 is 5.69 Å². The van der Waals surface area contributed by atoms with Crippen LogP contribution in [-0.2, 0) is 0 Å². The first-order chi connectivity index (χ1) is 7.13. The van der Waals surface area contributed by atoms with Gasteiger partial charge in [-0.25, -0.2) is 13.8 Å². The Kier molecular flexibility index (Phi) is 4.23. The molecule has 1 aromatic rings. The molecule has 0 bridgehead atoms. The lowest BCUT2D eigenvalue weighted by molar-refractivity contribution is 0.00384. The number of hydrogen-bond donors (Lipinski definition) is 2. The van der Waals surface area contributed by atoms with Crippen molar-refractivity contribution in [3.05, 3.63) is 18.3 Å². The van der Waals surface area contributed by atoms with Crippen molar-refractivity contribution in [2.75, 3.05) is 19.0 Å². The van der Waals surface area contributed by atoms with Gasteiger partial charge in [0.05, 0.1) is 7.11 Å². The Morgan fingerprint density at radius 3 is 2.93 bits per heavy atom. The largest absolute Gasteiger partial charge is 0.481 e. The van der Waals surface area contributed by atoms with E-state index in [1.807, 2.05) is 0 Å². The average Bonchev–Trinajstić information content (AvgIpc) is 2.26. The number of halogens is 2. The van der Waals surface area contributed by atoms with Gasteiger partial charge >= 0.3 is 0 Å². The van der Waals surface area contributed by atoms with Gasteiger partial charge in [-0.1, -0.05) is 0 Å². The summed E-state index contributed by atoms with van der Waals surface area (Å²) in [4.78, 5) is 3.85. The molecule has 0 radical (unpaired) electrons. The van der Waals surface area contributed by atoms with Gasteiger partial charge in [0.2, 0.25) is 5.88 Å². The number of ether oxygens (including phenoxy) is 1. The molecule has 6 heteroatoms. The van der Waals surface area contributed by atoms with E-state index in [1.54, 1.807) is 12.1 Å². The molecule has 1 heterocycles. The minimum absolute atomic E-state index is 0.217. The first kappa shape index (κ1) is 11.6. The highest BCUT2D eigenvalue weighted by Gasteiger charge is 2.15. The molecule has 0 saturated heterocycles. The Morgan fingerprint density at radius 1 is 1.60 bits per heavy atom. The summed E-state index contributed by atoms with van der Waals surface area (Å²) in [5.74, 6) is 0.381. The molecular weight excluding hydrogens is 206 g/mol. The molecule has 0 fully saturated rings. The summed E-state index contributed by atoms with van der Waals surface area (Å²) < 4.78 is 28.7. The summed E-state index contributed by atoms with van der Waals surface area (Å²) in [7, 11) is 1.46. The molecule has 2 N–H and O–H groups in total. The lowest BCUT2D eigenvalue weighted by atomic mass is 10.3. The third-order valence-electron chi connectivity index (χ3n) is 1.75. The summed E-state index contributed by atoms with van der Waals surface area (Å²) in [5, 5.41) is 11.5. The Morgan fingerprint density at radius 2 is 2.33 bits per heavy atom. The number of aliphatic hydroxyl groups excluding tert-OH is 1. The number of aromatic nitrogens is 1. The van der Waals surface area contributed by atoms with Crippen LogP contribution < -0.4 is 10.1 Å². The van der Waals surface area contributed by atoms with Crippen molar-refractivity contribution in [2.24, 2.45) is 0 Å². The molecule has 84 valence electrons. The van der Waals surface area contributed by atoms with E-state index >= 15 is 0 Å². The minimum atomic E-state index is -2.75. The molecule has 0 spiro atoms. The highest BCUT2D eigenvalue weighted by Crippen LogP contribution is 2.13. The number of hydrogen-bond acceptors (Lipinski definition) is 4. The second-order valence-electron chi connectivity index (χ2n) is 2.87. The van der Waals surface area contributed by atoms with Crippen molar-refractivity contribution in [1.82, 2.24) is 4.98 Å². The highest BCUT2D eigenvalue weighted by molar-refractivity contribution is 5.44. The van der Waals surface area contributed by atoms with Crippen LogP contribution >= 0.6 is 0 Å². The van der Waals surface area contributed by atoms with E-state index in [9.17, 15) is 8.78 Å². The fourth-order valence-corrected chi connectivity index (χ4v) is 0.943. The summed E-state index contributed by atoms with van der Waals surface area (Å²) in [5.41, 5.74) is 0.571. The monoisotopic (exact) mass is 218 g/mol. The first-order valence-corrected chi connectivity index (χ1v) is 4.33. The molecule has 0 aliphatic carbocycles. The fourth-order valence-electron chi connectivity index (χ4n) is 0.943. The lowest BCUT2D eigenvalue weighted by Gasteiger charge is -2.11. The van der Waals surface area contributed by atoms with E-state index in [0.29, 0.717) is 11.6 Å². The van der Waals surface area contributed by atoms with Crippen LogP contribution in [0.15, 0.2) is 18.3 Å². The molecule has 0 aliphatic rings. The van der Waals surface area contributed by atoms with Crippen LogP contribution in [0.3, 0.4) is 0 Å². The van der Waals surface area contributed by atoms with Gasteiger partial charge < -0.3 is 15.2 Å². The van der Waals surface area contributed by atoms with Gasteiger partial charge in [0, 0.05) is 24.5 Å². The summed E-state index contributed by atoms with van der Waals surface area (Å²) in [6, 6.07) is 3.15. The number of nitrogens with zero attached hydrogens (tertiary/aromatic N) is 1. The van der Waals surface area contributed by atoms with Crippen LogP contribution in [0.2, 0.25) is 0 Å². The molecular formula is C9H12F2N2O2. The zero-order chi connectivity index (χ0) is 11.3. The predicted molar refractivity (Wildman–Crippen MR) is 51.3 cm³/mol. The molecule has 15 heavy (non-hydrogen) atoms. The van der Waals surface area contributed by atoms with E-state index in [1.165, 1.54) is 13.3 Å². The van der Waals surface area contributed by atoms with Crippen LogP contribution in [0.25, 0.3) is 0 Å². The number of aliphatic hydroxyl groups is 1. The molecule has 1 aromatic heterocycles. The molecule has 0 aromatic carbocycles. The zero-order valence-corrected chi connectivity index (χ0v) is 8.15. The van der Waals surface area contributed by atoms with E-state index in [2.05, 4.69) is 10.3 Å². The third kappa shape index (κ3) is 3.67. The Hall–Kier alpha value is -1.43. The number of nitrogens with one attached hydrogen (secondary N) is 1. The minimum Gasteiger partial charge on any atom is -0.481 e. The summed E-state index contributed by atoms with van der Waals surface area (Å²) in [6.07, 6.45) is -2.94. The fraction of sp³-hybridized carbons (Fsp3) is 0.444. The maximum Gasteiger partial charge on any atom is 0.265 e. The number of methoxy groups -OCH3 is 1. The van der Waals surface area contributed by atoms with Crippen LogP contribution in [-0.4, -0.2) is 36.3 Å². The van der Waals surface area contributed by atoms with Gasteiger partial charge in [-0.2, -0.15) is 0 Å². The Labute approximate surface area is 85.9 Å². The standard InChI is InChI=1S/C9H12F2N2O2/c1-15-8-4-6(2-3-12-8)13-5-7(14)9(10)11/h2-4,7,9,14H,5H2,1H3,(H,12,13). The van der Waals surface area contributed by atoms with Crippen molar-refractivity contribution in [3.63, 3.8) is 0 Å². The van der Waals surface area contributed by atoms with Crippen LogP contribution in [0.4, 0.5) is 14.5 Å². The van der Waals surface area contributed by atoms with Crippen molar-refractivity contribution in [2.45, 2.75) is 12.5 Å². The SMILES string of the molecule is COc1cc(NCC(O)C(F)F)ccn1. The average molecular weight is 218 g/mol. The van der Waals surface area contributed by atoms with Crippen molar-refractivity contribution < 1.29 is 18.6 Å². The van der Waals surface area contributed by atoms with Crippen molar-refractivity contribution in [3.8, 4) is 5.88 Å². The van der Waals surface area contributed by atoms with Gasteiger partial charge in [0.15, 0.2) is 0 Å². The highest BCUT2D eigenvalue weighted by atomic mass is 19.3. The topological polar surface area (TPSA) is 54.4 Å². The molecule has 0 amide bonds. The maximum atomic E-state index is 11.9. The smallest absolute Gasteiger partial charge is 0.265 e. The first-order valence-electron chi connectivity index (χ1n) is 4.33. The van der Waals surface area contributed by atoms with Gasteiger partial charge in [-0.05, 0) is 6.07 Å². The third-order valence-corrected chi connectivity index (χ3v) is 1.75. The Balaban J connectivity index is 2.50. The molecule has 0 aliphatic heterocycles. The molecule has 4 nitrogen and oxygen atoms in total. The maximum absolute atomic E-state index is 11.9. The van der Waals surface area contributed by atoms with Crippen molar-refractivity contribution in [1.29, 1.82) is 0 Å². The van der Waals surface area contributed by atoms with Gasteiger partial charge in [-0.15, -0.1) is 0 Å². The molecule has 0 saturated carbocycles. The number of pyridine rings is 1. The van der Waals surface area contributed by atoms with Gasteiger partial charge in [0.25, 0.3) is 6.43 Å². The number of alkyl halides is 2. The van der Waals surface area contributed by atoms with Crippen LogP contribution in [0.5, 0.6) is 5.88 Å². The van der Waals surface area contributed by atoms with Gasteiger partial charge in [0.1, 0.15) is 6.10 Å². The number of rotatable bonds is 5. The summed E-state index contributed by atoms with van der Waals surface area (Å²) >= 11 is 0. The number of anilines is 1.